The Hall–Kier alpha value is -2.83. The highest BCUT2D eigenvalue weighted by atomic mass is 16.7. The number of hydrogen-bond donors (Lipinski definition) is 0. The summed E-state index contributed by atoms with van der Waals surface area (Å²) in [4.78, 5) is 27.7. The Balaban J connectivity index is 1.51. The molecule has 1 aromatic carbocycles. The van der Waals surface area contributed by atoms with Gasteiger partial charge in [0.1, 0.15) is 11.3 Å². The SMILES string of the molecule is CCc1noc(C)c1C(=O)N1CCC[C@H](C(=O)c2ccc3c(c2)OCO3)C1. The number of aromatic nitrogens is 1. The Kier molecular flexibility index (Phi) is 4.59. The van der Waals surface area contributed by atoms with Crippen LogP contribution in [0.15, 0.2) is 22.7 Å². The number of hydrogen-bond acceptors (Lipinski definition) is 6. The van der Waals surface area contributed by atoms with E-state index in [1.807, 2.05) is 6.92 Å². The van der Waals surface area contributed by atoms with E-state index >= 15 is 0 Å². The molecule has 7 nitrogen and oxygen atoms in total. The quantitative estimate of drug-likeness (QED) is 0.770. The summed E-state index contributed by atoms with van der Waals surface area (Å²) in [7, 11) is 0. The molecular formula is C20H22N2O5. The molecule has 27 heavy (non-hydrogen) atoms. The van der Waals surface area contributed by atoms with E-state index in [1.165, 1.54) is 0 Å². The molecule has 142 valence electrons. The second-order valence-corrected chi connectivity index (χ2v) is 6.94. The molecule has 0 unspecified atom stereocenters. The largest absolute Gasteiger partial charge is 0.454 e. The molecule has 2 aliphatic heterocycles. The molecule has 1 aromatic heterocycles. The first-order chi connectivity index (χ1) is 13.1. The van der Waals surface area contributed by atoms with E-state index in [2.05, 4.69) is 5.16 Å². The number of aryl methyl sites for hydroxylation is 2. The molecule has 2 aliphatic rings. The fraction of sp³-hybridized carbons (Fsp3) is 0.450. The predicted molar refractivity (Wildman–Crippen MR) is 96.1 cm³/mol. The molecule has 1 fully saturated rings. The van der Waals surface area contributed by atoms with Crippen LogP contribution in [-0.2, 0) is 6.42 Å². The molecular weight excluding hydrogens is 348 g/mol. The number of Topliss-reactive ketones (excluding diaryl/α,β-unsaturated/α-hetero) is 1. The maximum atomic E-state index is 13.0. The Morgan fingerprint density at radius 3 is 2.89 bits per heavy atom. The molecule has 0 spiro atoms. The molecule has 7 heteroatoms. The van der Waals surface area contributed by atoms with Gasteiger partial charge in [0.25, 0.3) is 5.91 Å². The fourth-order valence-electron chi connectivity index (χ4n) is 3.75. The summed E-state index contributed by atoms with van der Waals surface area (Å²) in [5.74, 6) is 1.48. The van der Waals surface area contributed by atoms with Crippen molar-refractivity contribution >= 4 is 11.7 Å². The average molecular weight is 370 g/mol. The molecule has 1 saturated heterocycles. The molecule has 1 atom stereocenters. The van der Waals surface area contributed by atoms with Gasteiger partial charge in [0.2, 0.25) is 6.79 Å². The lowest BCUT2D eigenvalue weighted by atomic mass is 9.89. The number of rotatable bonds is 4. The number of piperidine rings is 1. The molecule has 0 saturated carbocycles. The zero-order valence-electron chi connectivity index (χ0n) is 15.5. The van der Waals surface area contributed by atoms with Crippen molar-refractivity contribution < 1.29 is 23.6 Å². The third-order valence-electron chi connectivity index (χ3n) is 5.22. The molecule has 0 radical (unpaired) electrons. The van der Waals surface area contributed by atoms with Gasteiger partial charge in [0, 0.05) is 24.6 Å². The van der Waals surface area contributed by atoms with E-state index in [4.69, 9.17) is 14.0 Å². The Morgan fingerprint density at radius 2 is 2.07 bits per heavy atom. The Bertz CT molecular complexity index is 888. The van der Waals surface area contributed by atoms with Gasteiger partial charge in [-0.25, -0.2) is 0 Å². The number of benzene rings is 1. The number of likely N-dealkylation sites (tertiary alicyclic amines) is 1. The van der Waals surface area contributed by atoms with Crippen molar-refractivity contribution in [2.45, 2.75) is 33.1 Å². The number of fused-ring (bicyclic) bond motifs is 1. The standard InChI is InChI=1S/C20H22N2O5/c1-3-15-18(12(2)27-21-15)20(24)22-8-4-5-14(10-22)19(23)13-6-7-16-17(9-13)26-11-25-16/h6-7,9,14H,3-5,8,10-11H2,1-2H3/t14-/m0/s1. The van der Waals surface area contributed by atoms with Crippen molar-refractivity contribution in [2.24, 2.45) is 5.92 Å². The van der Waals surface area contributed by atoms with Gasteiger partial charge in [-0.15, -0.1) is 0 Å². The lowest BCUT2D eigenvalue weighted by Gasteiger charge is -2.32. The number of ether oxygens (including phenoxy) is 2. The van der Waals surface area contributed by atoms with Crippen LogP contribution in [0.2, 0.25) is 0 Å². The Labute approximate surface area is 157 Å². The summed E-state index contributed by atoms with van der Waals surface area (Å²) >= 11 is 0. The van der Waals surface area contributed by atoms with Crippen molar-refractivity contribution in [3.63, 3.8) is 0 Å². The summed E-state index contributed by atoms with van der Waals surface area (Å²) in [6.45, 7) is 4.91. The molecule has 0 N–H and O–H groups in total. The van der Waals surface area contributed by atoms with Gasteiger partial charge in [-0.1, -0.05) is 12.1 Å². The summed E-state index contributed by atoms with van der Waals surface area (Å²) in [5, 5.41) is 3.97. The maximum Gasteiger partial charge on any atom is 0.259 e. The normalized spacial score (nSPS) is 18.6. The predicted octanol–water partition coefficient (Wildman–Crippen LogP) is 3.01. The van der Waals surface area contributed by atoms with Crippen LogP contribution in [0.4, 0.5) is 0 Å². The number of nitrogens with zero attached hydrogens (tertiary/aromatic N) is 2. The van der Waals surface area contributed by atoms with E-state index in [0.717, 1.165) is 12.8 Å². The maximum absolute atomic E-state index is 13.0. The van der Waals surface area contributed by atoms with Gasteiger partial charge in [-0.05, 0) is 44.4 Å². The summed E-state index contributed by atoms with van der Waals surface area (Å²) in [6.07, 6.45) is 2.19. The van der Waals surface area contributed by atoms with E-state index in [9.17, 15) is 9.59 Å². The first kappa shape index (κ1) is 17.6. The van der Waals surface area contributed by atoms with Crippen molar-refractivity contribution in [1.82, 2.24) is 10.1 Å². The van der Waals surface area contributed by atoms with Gasteiger partial charge >= 0.3 is 0 Å². The molecule has 0 bridgehead atoms. The minimum absolute atomic E-state index is 0.0311. The van der Waals surface area contributed by atoms with Crippen molar-refractivity contribution in [3.8, 4) is 11.5 Å². The first-order valence-electron chi connectivity index (χ1n) is 9.26. The molecule has 3 heterocycles. The van der Waals surface area contributed by atoms with E-state index in [0.29, 0.717) is 53.6 Å². The minimum Gasteiger partial charge on any atom is -0.454 e. The van der Waals surface area contributed by atoms with Crippen LogP contribution in [0.5, 0.6) is 11.5 Å². The van der Waals surface area contributed by atoms with Gasteiger partial charge in [0.15, 0.2) is 17.3 Å². The second kappa shape index (κ2) is 7.06. The molecule has 4 rings (SSSR count). The zero-order valence-corrected chi connectivity index (χ0v) is 15.5. The molecule has 1 amide bonds. The lowest BCUT2D eigenvalue weighted by Crippen LogP contribution is -2.42. The van der Waals surface area contributed by atoms with Crippen molar-refractivity contribution in [1.29, 1.82) is 0 Å². The van der Waals surface area contributed by atoms with E-state index < -0.39 is 0 Å². The van der Waals surface area contributed by atoms with Gasteiger partial charge in [-0.2, -0.15) is 0 Å². The van der Waals surface area contributed by atoms with Crippen LogP contribution >= 0.6 is 0 Å². The van der Waals surface area contributed by atoms with Gasteiger partial charge in [0.05, 0.1) is 5.69 Å². The first-order valence-corrected chi connectivity index (χ1v) is 9.26. The van der Waals surface area contributed by atoms with Crippen LogP contribution in [-0.4, -0.2) is 41.6 Å². The zero-order chi connectivity index (χ0) is 19.0. The summed E-state index contributed by atoms with van der Waals surface area (Å²) < 4.78 is 15.9. The third kappa shape index (κ3) is 3.18. The number of amides is 1. The highest BCUT2D eigenvalue weighted by molar-refractivity contribution is 6.00. The smallest absolute Gasteiger partial charge is 0.259 e. The van der Waals surface area contributed by atoms with Gasteiger partial charge < -0.3 is 18.9 Å². The second-order valence-electron chi connectivity index (χ2n) is 6.94. The number of ketones is 1. The van der Waals surface area contributed by atoms with Crippen molar-refractivity contribution in [3.05, 3.63) is 40.8 Å². The molecule has 0 aliphatic carbocycles. The monoisotopic (exact) mass is 370 g/mol. The third-order valence-corrected chi connectivity index (χ3v) is 5.22. The lowest BCUT2D eigenvalue weighted by molar-refractivity contribution is 0.0634. The number of carbonyl (C=O) groups is 2. The van der Waals surface area contributed by atoms with Crippen molar-refractivity contribution in [2.75, 3.05) is 19.9 Å². The van der Waals surface area contributed by atoms with Crippen LogP contribution in [0, 0.1) is 12.8 Å². The topological polar surface area (TPSA) is 81.9 Å². The average Bonchev–Trinajstić information content (AvgIpc) is 3.32. The van der Waals surface area contributed by atoms with Crippen LogP contribution in [0.3, 0.4) is 0 Å². The highest BCUT2D eigenvalue weighted by Gasteiger charge is 2.32. The highest BCUT2D eigenvalue weighted by Crippen LogP contribution is 2.34. The van der Waals surface area contributed by atoms with E-state index in [-0.39, 0.29) is 24.4 Å². The molecule has 2 aromatic rings. The summed E-state index contributed by atoms with van der Waals surface area (Å²) in [5.41, 5.74) is 1.80. The minimum atomic E-state index is -0.228. The van der Waals surface area contributed by atoms with Crippen LogP contribution in [0.1, 0.15) is 51.9 Å². The number of carbonyl (C=O) groups excluding carboxylic acids is 2. The fourth-order valence-corrected chi connectivity index (χ4v) is 3.75. The van der Waals surface area contributed by atoms with E-state index in [1.54, 1.807) is 30.0 Å². The van der Waals surface area contributed by atoms with Crippen LogP contribution < -0.4 is 9.47 Å². The summed E-state index contributed by atoms with van der Waals surface area (Å²) in [6, 6.07) is 5.25. The Morgan fingerprint density at radius 1 is 1.26 bits per heavy atom. The van der Waals surface area contributed by atoms with Gasteiger partial charge in [-0.3, -0.25) is 9.59 Å². The van der Waals surface area contributed by atoms with Crippen LogP contribution in [0.25, 0.3) is 0 Å².